The van der Waals surface area contributed by atoms with Crippen molar-refractivity contribution in [3.05, 3.63) is 82.9 Å². The lowest BCUT2D eigenvalue weighted by Gasteiger charge is -2.23. The largest absolute Gasteiger partial charge is 0.491 e. The summed E-state index contributed by atoms with van der Waals surface area (Å²) >= 11 is 0. The number of rotatable bonds is 5. The zero-order chi connectivity index (χ0) is 24.0. The Kier molecular flexibility index (Phi) is 5.02. The van der Waals surface area contributed by atoms with E-state index in [1.165, 1.54) is 5.56 Å². The van der Waals surface area contributed by atoms with Gasteiger partial charge in [-0.2, -0.15) is 0 Å². The molecule has 178 valence electrons. The molecule has 0 aromatic heterocycles. The maximum atomic E-state index is 13.9. The number of benzene rings is 3. The van der Waals surface area contributed by atoms with Gasteiger partial charge < -0.3 is 29.7 Å². The molecule has 3 amide bonds. The lowest BCUT2D eigenvalue weighted by Crippen LogP contribution is -2.46. The van der Waals surface area contributed by atoms with Crippen LogP contribution in [0, 0.1) is 6.92 Å². The molecule has 3 heterocycles. The van der Waals surface area contributed by atoms with E-state index in [9.17, 15) is 9.59 Å². The van der Waals surface area contributed by atoms with Gasteiger partial charge in [0.15, 0.2) is 11.5 Å². The summed E-state index contributed by atoms with van der Waals surface area (Å²) in [6, 6.07) is 19.1. The van der Waals surface area contributed by atoms with Crippen molar-refractivity contribution in [1.82, 2.24) is 10.6 Å². The molecule has 0 saturated carbocycles. The fourth-order valence-electron chi connectivity index (χ4n) is 5.02. The third kappa shape index (κ3) is 3.44. The third-order valence-electron chi connectivity index (χ3n) is 6.84. The van der Waals surface area contributed by atoms with Crippen LogP contribution in [0.2, 0.25) is 0 Å². The van der Waals surface area contributed by atoms with Gasteiger partial charge in [0.25, 0.3) is 0 Å². The Hall–Kier alpha value is -4.20. The van der Waals surface area contributed by atoms with Gasteiger partial charge in [0.2, 0.25) is 12.7 Å². The number of fused-ring (bicyclic) bond motifs is 5. The number of amides is 3. The van der Waals surface area contributed by atoms with Gasteiger partial charge in [0.05, 0.1) is 0 Å². The average Bonchev–Trinajstić information content (AvgIpc) is 3.55. The Labute approximate surface area is 202 Å². The van der Waals surface area contributed by atoms with Gasteiger partial charge in [-0.15, -0.1) is 0 Å². The number of urea groups is 1. The highest BCUT2D eigenvalue weighted by molar-refractivity contribution is 6.11. The molecule has 3 aromatic rings. The van der Waals surface area contributed by atoms with Gasteiger partial charge in [0, 0.05) is 37.0 Å². The van der Waals surface area contributed by atoms with E-state index in [2.05, 4.69) is 10.6 Å². The minimum absolute atomic E-state index is 0.0711. The third-order valence-corrected chi connectivity index (χ3v) is 6.84. The Balaban J connectivity index is 1.18. The van der Waals surface area contributed by atoms with Crippen molar-refractivity contribution in [3.8, 4) is 17.2 Å². The number of hydrogen-bond donors (Lipinski definition) is 2. The predicted octanol–water partition coefficient (Wildman–Crippen LogP) is 3.25. The van der Waals surface area contributed by atoms with E-state index >= 15 is 0 Å². The fraction of sp³-hybridized carbons (Fsp3) is 0.259. The number of para-hydroxylation sites is 1. The SMILES string of the molecule is Cc1ccc(CNC(=O)NCCN2C(=O)C3(COc4cc5c(cc43)OCO5)c3ccccc32)cc1. The fourth-order valence-corrected chi connectivity index (χ4v) is 5.02. The van der Waals surface area contributed by atoms with Crippen molar-refractivity contribution < 1.29 is 23.8 Å². The number of nitrogens with one attached hydrogen (secondary N) is 2. The second kappa shape index (κ2) is 8.23. The summed E-state index contributed by atoms with van der Waals surface area (Å²) in [5.74, 6) is 1.80. The molecule has 1 spiro atoms. The Bertz CT molecular complexity index is 1320. The van der Waals surface area contributed by atoms with Crippen molar-refractivity contribution in [2.75, 3.05) is 31.4 Å². The molecule has 0 radical (unpaired) electrons. The molecule has 35 heavy (non-hydrogen) atoms. The molecule has 0 bridgehead atoms. The average molecular weight is 472 g/mol. The van der Waals surface area contributed by atoms with E-state index in [1.54, 1.807) is 11.0 Å². The normalized spacial score (nSPS) is 18.9. The molecule has 6 rings (SSSR count). The van der Waals surface area contributed by atoms with E-state index in [1.807, 2.05) is 61.5 Å². The molecule has 1 atom stereocenters. The second-order valence-electron chi connectivity index (χ2n) is 8.96. The summed E-state index contributed by atoms with van der Waals surface area (Å²) in [7, 11) is 0. The second-order valence-corrected chi connectivity index (χ2v) is 8.96. The van der Waals surface area contributed by atoms with Crippen molar-refractivity contribution in [2.24, 2.45) is 0 Å². The number of carbonyl (C=O) groups excluding carboxylic acids is 2. The van der Waals surface area contributed by atoms with Crippen LogP contribution >= 0.6 is 0 Å². The minimum Gasteiger partial charge on any atom is -0.491 e. The van der Waals surface area contributed by atoms with Crippen LogP contribution in [-0.4, -0.2) is 38.4 Å². The van der Waals surface area contributed by atoms with Crippen molar-refractivity contribution in [1.29, 1.82) is 0 Å². The summed E-state index contributed by atoms with van der Waals surface area (Å²) in [5.41, 5.74) is 3.76. The molecule has 3 aliphatic heterocycles. The summed E-state index contributed by atoms with van der Waals surface area (Å²) in [6.07, 6.45) is 0. The first-order valence-corrected chi connectivity index (χ1v) is 11.6. The van der Waals surface area contributed by atoms with Crippen molar-refractivity contribution in [3.63, 3.8) is 0 Å². The Morgan fingerprint density at radius 2 is 1.71 bits per heavy atom. The summed E-state index contributed by atoms with van der Waals surface area (Å²) < 4.78 is 17.0. The molecule has 0 aliphatic carbocycles. The van der Waals surface area contributed by atoms with E-state index in [0.29, 0.717) is 36.9 Å². The lowest BCUT2D eigenvalue weighted by atomic mass is 9.77. The maximum absolute atomic E-state index is 13.9. The number of carbonyl (C=O) groups is 2. The molecule has 0 saturated heterocycles. The van der Waals surface area contributed by atoms with Crippen LogP contribution in [0.25, 0.3) is 0 Å². The van der Waals surface area contributed by atoms with E-state index in [-0.39, 0.29) is 25.3 Å². The van der Waals surface area contributed by atoms with Gasteiger partial charge in [-0.05, 0) is 30.2 Å². The van der Waals surface area contributed by atoms with Crippen molar-refractivity contribution >= 4 is 17.6 Å². The number of anilines is 1. The van der Waals surface area contributed by atoms with Crippen LogP contribution in [0.3, 0.4) is 0 Å². The highest BCUT2D eigenvalue weighted by Gasteiger charge is 2.57. The monoisotopic (exact) mass is 471 g/mol. The Morgan fingerprint density at radius 1 is 0.943 bits per heavy atom. The highest BCUT2D eigenvalue weighted by Crippen LogP contribution is 2.54. The first kappa shape index (κ1) is 21.3. The molecule has 2 N–H and O–H groups in total. The summed E-state index contributed by atoms with van der Waals surface area (Å²) in [4.78, 5) is 28.0. The first-order chi connectivity index (χ1) is 17.1. The van der Waals surface area contributed by atoms with Crippen LogP contribution in [0.1, 0.15) is 22.3 Å². The minimum atomic E-state index is -0.944. The smallest absolute Gasteiger partial charge is 0.315 e. The molecule has 0 fully saturated rings. The summed E-state index contributed by atoms with van der Waals surface area (Å²) in [6.45, 7) is 3.48. The van der Waals surface area contributed by atoms with Gasteiger partial charge in [-0.1, -0.05) is 48.0 Å². The van der Waals surface area contributed by atoms with E-state index in [4.69, 9.17) is 14.2 Å². The standard InChI is InChI=1S/C27H25N3O5/c1-17-6-8-18(9-7-17)14-29-26(32)28-10-11-30-21-5-3-2-4-19(21)27(25(30)31)15-33-22-13-24-23(12-20(22)27)34-16-35-24/h2-9,12-13H,10-11,14-16H2,1H3,(H2,28,29,32). The van der Waals surface area contributed by atoms with E-state index < -0.39 is 5.41 Å². The zero-order valence-electron chi connectivity index (χ0n) is 19.3. The number of hydrogen-bond acceptors (Lipinski definition) is 5. The van der Waals surface area contributed by atoms with Crippen molar-refractivity contribution in [2.45, 2.75) is 18.9 Å². The number of aryl methyl sites for hydroxylation is 1. The highest BCUT2D eigenvalue weighted by atomic mass is 16.7. The van der Waals surface area contributed by atoms with Crippen LogP contribution in [0.15, 0.2) is 60.7 Å². The topological polar surface area (TPSA) is 89.1 Å². The Morgan fingerprint density at radius 3 is 2.54 bits per heavy atom. The van der Waals surface area contributed by atoms with Crippen LogP contribution < -0.4 is 29.7 Å². The van der Waals surface area contributed by atoms with Gasteiger partial charge in [-0.25, -0.2) is 4.79 Å². The van der Waals surface area contributed by atoms with Gasteiger partial charge >= 0.3 is 6.03 Å². The quantitative estimate of drug-likeness (QED) is 0.597. The predicted molar refractivity (Wildman–Crippen MR) is 129 cm³/mol. The van der Waals surface area contributed by atoms with Gasteiger partial charge in [0.1, 0.15) is 17.8 Å². The molecule has 3 aromatic carbocycles. The molecule has 1 unspecified atom stereocenters. The van der Waals surface area contributed by atoms with E-state index in [0.717, 1.165) is 22.4 Å². The maximum Gasteiger partial charge on any atom is 0.315 e. The zero-order valence-corrected chi connectivity index (χ0v) is 19.3. The molecule has 3 aliphatic rings. The molecule has 8 nitrogen and oxygen atoms in total. The molecular weight excluding hydrogens is 446 g/mol. The summed E-state index contributed by atoms with van der Waals surface area (Å²) in [5, 5.41) is 5.72. The molecule has 8 heteroatoms. The van der Waals surface area contributed by atoms with Crippen LogP contribution in [0.5, 0.6) is 17.2 Å². The van der Waals surface area contributed by atoms with Gasteiger partial charge in [-0.3, -0.25) is 4.79 Å². The van der Waals surface area contributed by atoms with Crippen LogP contribution in [0.4, 0.5) is 10.5 Å². The molecular formula is C27H25N3O5. The number of ether oxygens (including phenoxy) is 3. The lowest BCUT2D eigenvalue weighted by molar-refractivity contribution is -0.122. The first-order valence-electron chi connectivity index (χ1n) is 11.6. The number of nitrogens with zero attached hydrogens (tertiary/aromatic N) is 1. The van der Waals surface area contributed by atoms with Crippen LogP contribution in [-0.2, 0) is 16.8 Å².